The lowest BCUT2D eigenvalue weighted by Gasteiger charge is -2.11. The predicted octanol–water partition coefficient (Wildman–Crippen LogP) is 1.21. The summed E-state index contributed by atoms with van der Waals surface area (Å²) in [7, 11) is 0. The SMILES string of the molecule is Cc1cc(N[C@@H]2CCNC2)nc(Cl)n1. The Kier molecular flexibility index (Phi) is 2.84. The zero-order valence-corrected chi connectivity index (χ0v) is 8.80. The smallest absolute Gasteiger partial charge is 0.224 e. The fraction of sp³-hybridized carbons (Fsp3) is 0.556. The fourth-order valence-electron chi connectivity index (χ4n) is 1.59. The molecule has 2 rings (SSSR count). The first-order valence-corrected chi connectivity index (χ1v) is 5.10. The third kappa shape index (κ3) is 2.33. The molecular formula is C9H13ClN4. The molecule has 0 aromatic carbocycles. The topological polar surface area (TPSA) is 49.8 Å². The van der Waals surface area contributed by atoms with Gasteiger partial charge in [0.25, 0.3) is 0 Å². The molecule has 0 spiro atoms. The zero-order valence-electron chi connectivity index (χ0n) is 8.05. The molecule has 0 amide bonds. The highest BCUT2D eigenvalue weighted by atomic mass is 35.5. The van der Waals surface area contributed by atoms with Gasteiger partial charge in [0.05, 0.1) is 0 Å². The summed E-state index contributed by atoms with van der Waals surface area (Å²) in [6.07, 6.45) is 1.13. The third-order valence-corrected chi connectivity index (χ3v) is 2.41. The average molecular weight is 213 g/mol. The van der Waals surface area contributed by atoms with Gasteiger partial charge < -0.3 is 10.6 Å². The lowest BCUT2D eigenvalue weighted by molar-refractivity contribution is 0.786. The lowest BCUT2D eigenvalue weighted by atomic mass is 10.2. The Morgan fingerprint density at radius 2 is 2.43 bits per heavy atom. The molecular weight excluding hydrogens is 200 g/mol. The van der Waals surface area contributed by atoms with Crippen molar-refractivity contribution in [2.75, 3.05) is 18.4 Å². The maximum Gasteiger partial charge on any atom is 0.224 e. The predicted molar refractivity (Wildman–Crippen MR) is 56.7 cm³/mol. The molecule has 0 saturated carbocycles. The third-order valence-electron chi connectivity index (χ3n) is 2.24. The summed E-state index contributed by atoms with van der Waals surface area (Å²) in [4.78, 5) is 8.12. The van der Waals surface area contributed by atoms with E-state index in [0.717, 1.165) is 31.0 Å². The van der Waals surface area contributed by atoms with Crippen molar-refractivity contribution in [2.24, 2.45) is 0 Å². The van der Waals surface area contributed by atoms with E-state index in [1.165, 1.54) is 0 Å². The van der Waals surface area contributed by atoms with Crippen LogP contribution in [0.3, 0.4) is 0 Å². The van der Waals surface area contributed by atoms with E-state index in [2.05, 4.69) is 20.6 Å². The molecule has 14 heavy (non-hydrogen) atoms. The number of nitrogens with one attached hydrogen (secondary N) is 2. The van der Waals surface area contributed by atoms with Crippen LogP contribution >= 0.6 is 11.6 Å². The number of hydrogen-bond donors (Lipinski definition) is 2. The number of rotatable bonds is 2. The number of anilines is 1. The Bertz CT molecular complexity index is 302. The van der Waals surface area contributed by atoms with Gasteiger partial charge in [-0.3, -0.25) is 0 Å². The van der Waals surface area contributed by atoms with Crippen LogP contribution in [0.25, 0.3) is 0 Å². The molecule has 5 heteroatoms. The second-order valence-electron chi connectivity index (χ2n) is 3.50. The zero-order chi connectivity index (χ0) is 9.97. The van der Waals surface area contributed by atoms with E-state index in [4.69, 9.17) is 11.6 Å². The van der Waals surface area contributed by atoms with E-state index in [9.17, 15) is 0 Å². The summed E-state index contributed by atoms with van der Waals surface area (Å²) < 4.78 is 0. The van der Waals surface area contributed by atoms with Gasteiger partial charge in [-0.05, 0) is 31.5 Å². The summed E-state index contributed by atoms with van der Waals surface area (Å²) >= 11 is 5.76. The van der Waals surface area contributed by atoms with Crippen LogP contribution in [0, 0.1) is 6.92 Å². The molecule has 2 heterocycles. The lowest BCUT2D eigenvalue weighted by Crippen LogP contribution is -2.22. The fourth-order valence-corrected chi connectivity index (χ4v) is 1.82. The van der Waals surface area contributed by atoms with Gasteiger partial charge in [-0.2, -0.15) is 0 Å². The highest BCUT2D eigenvalue weighted by molar-refractivity contribution is 6.28. The number of nitrogens with zero attached hydrogens (tertiary/aromatic N) is 2. The van der Waals surface area contributed by atoms with Crippen LogP contribution in [0.15, 0.2) is 6.07 Å². The van der Waals surface area contributed by atoms with Gasteiger partial charge in [-0.25, -0.2) is 9.97 Å². The Morgan fingerprint density at radius 3 is 3.07 bits per heavy atom. The standard InChI is InChI=1S/C9H13ClN4/c1-6-4-8(14-9(10)12-6)13-7-2-3-11-5-7/h4,7,11H,2-3,5H2,1H3,(H,12,13,14)/t7-/m1/s1. The van der Waals surface area contributed by atoms with Gasteiger partial charge in [-0.1, -0.05) is 0 Å². The van der Waals surface area contributed by atoms with Crippen molar-refractivity contribution in [3.8, 4) is 0 Å². The summed E-state index contributed by atoms with van der Waals surface area (Å²) in [5, 5.41) is 6.91. The molecule has 0 radical (unpaired) electrons. The average Bonchev–Trinajstić information content (AvgIpc) is 2.54. The van der Waals surface area contributed by atoms with Crippen molar-refractivity contribution in [1.82, 2.24) is 15.3 Å². The maximum absolute atomic E-state index is 5.76. The van der Waals surface area contributed by atoms with Crippen molar-refractivity contribution in [2.45, 2.75) is 19.4 Å². The molecule has 1 atom stereocenters. The monoisotopic (exact) mass is 212 g/mol. The number of aromatic nitrogens is 2. The first-order valence-electron chi connectivity index (χ1n) is 4.72. The molecule has 2 N–H and O–H groups in total. The van der Waals surface area contributed by atoms with Gasteiger partial charge in [0.2, 0.25) is 5.28 Å². The summed E-state index contributed by atoms with van der Waals surface area (Å²) in [5.74, 6) is 0.816. The molecule has 1 saturated heterocycles. The second-order valence-corrected chi connectivity index (χ2v) is 3.84. The van der Waals surface area contributed by atoms with Gasteiger partial charge in [0.15, 0.2) is 0 Å². The summed E-state index contributed by atoms with van der Waals surface area (Å²) in [6.45, 7) is 3.96. The molecule has 1 aliphatic rings. The summed E-state index contributed by atoms with van der Waals surface area (Å²) in [6, 6.07) is 2.37. The Morgan fingerprint density at radius 1 is 1.57 bits per heavy atom. The number of halogens is 1. The minimum atomic E-state index is 0.304. The molecule has 1 aromatic heterocycles. The number of hydrogen-bond acceptors (Lipinski definition) is 4. The number of aryl methyl sites for hydroxylation is 1. The molecule has 0 bridgehead atoms. The van der Waals surface area contributed by atoms with Crippen molar-refractivity contribution in [1.29, 1.82) is 0 Å². The minimum absolute atomic E-state index is 0.304. The Hall–Kier alpha value is -0.870. The quantitative estimate of drug-likeness (QED) is 0.724. The van der Waals surface area contributed by atoms with E-state index in [1.807, 2.05) is 13.0 Å². The largest absolute Gasteiger partial charge is 0.366 e. The molecule has 1 aliphatic heterocycles. The minimum Gasteiger partial charge on any atom is -0.366 e. The van der Waals surface area contributed by atoms with Crippen LogP contribution in [0.4, 0.5) is 5.82 Å². The van der Waals surface area contributed by atoms with Gasteiger partial charge in [-0.15, -0.1) is 0 Å². The molecule has 0 unspecified atom stereocenters. The second kappa shape index (κ2) is 4.11. The van der Waals surface area contributed by atoms with E-state index < -0.39 is 0 Å². The van der Waals surface area contributed by atoms with E-state index >= 15 is 0 Å². The Labute approximate surface area is 88.1 Å². The van der Waals surface area contributed by atoms with Crippen molar-refractivity contribution in [3.05, 3.63) is 17.0 Å². The van der Waals surface area contributed by atoms with Crippen molar-refractivity contribution < 1.29 is 0 Å². The molecule has 1 fully saturated rings. The highest BCUT2D eigenvalue weighted by Gasteiger charge is 2.14. The molecule has 0 aliphatic carbocycles. The maximum atomic E-state index is 5.76. The van der Waals surface area contributed by atoms with Crippen LogP contribution in [0.1, 0.15) is 12.1 Å². The van der Waals surface area contributed by atoms with E-state index in [-0.39, 0.29) is 0 Å². The first kappa shape index (κ1) is 9.68. The van der Waals surface area contributed by atoms with Crippen LogP contribution in [0.5, 0.6) is 0 Å². The van der Waals surface area contributed by atoms with Crippen LogP contribution in [-0.2, 0) is 0 Å². The van der Waals surface area contributed by atoms with Crippen LogP contribution < -0.4 is 10.6 Å². The first-order chi connectivity index (χ1) is 6.74. The van der Waals surface area contributed by atoms with E-state index in [0.29, 0.717) is 11.3 Å². The summed E-state index contributed by atoms with van der Waals surface area (Å²) in [5.41, 5.74) is 0.887. The van der Waals surface area contributed by atoms with E-state index in [1.54, 1.807) is 0 Å². The van der Waals surface area contributed by atoms with Gasteiger partial charge >= 0.3 is 0 Å². The van der Waals surface area contributed by atoms with Crippen LogP contribution in [0.2, 0.25) is 5.28 Å². The highest BCUT2D eigenvalue weighted by Crippen LogP contribution is 2.12. The van der Waals surface area contributed by atoms with Crippen molar-refractivity contribution in [3.63, 3.8) is 0 Å². The Balaban J connectivity index is 2.07. The van der Waals surface area contributed by atoms with Gasteiger partial charge in [0.1, 0.15) is 5.82 Å². The van der Waals surface area contributed by atoms with Gasteiger partial charge in [0, 0.05) is 24.3 Å². The van der Waals surface area contributed by atoms with Crippen molar-refractivity contribution >= 4 is 17.4 Å². The van der Waals surface area contributed by atoms with Crippen LogP contribution in [-0.4, -0.2) is 29.1 Å². The normalized spacial score (nSPS) is 21.1. The molecule has 1 aromatic rings. The molecule has 76 valence electrons. The molecule has 4 nitrogen and oxygen atoms in total.